The standard InChI is InChI=1S/C15H15ClN2O6/c1-22-13(19)3-2-9-14(20)18(15(21)17-9)10-7-12-11(6-8(10)16)23-4-5-24-12/h6-7,9H,2-5H2,1H3,(H,17,21)/t9-/m1/s1. The minimum atomic E-state index is -0.805. The molecule has 1 N–H and O–H groups in total. The number of amides is 3. The normalized spacial score (nSPS) is 19.2. The molecule has 2 heterocycles. The fraction of sp³-hybridized carbons (Fsp3) is 0.400. The zero-order valence-corrected chi connectivity index (χ0v) is 13.6. The van der Waals surface area contributed by atoms with Gasteiger partial charge >= 0.3 is 12.0 Å². The first-order chi connectivity index (χ1) is 11.5. The Morgan fingerprint density at radius 3 is 2.67 bits per heavy atom. The molecule has 3 amide bonds. The van der Waals surface area contributed by atoms with Crippen LogP contribution in [0.5, 0.6) is 11.5 Å². The van der Waals surface area contributed by atoms with E-state index >= 15 is 0 Å². The third kappa shape index (κ3) is 2.96. The Kier molecular flexibility index (Phi) is 4.48. The van der Waals surface area contributed by atoms with E-state index in [-0.39, 0.29) is 23.6 Å². The summed E-state index contributed by atoms with van der Waals surface area (Å²) in [5.74, 6) is -0.0566. The lowest BCUT2D eigenvalue weighted by Crippen LogP contribution is -2.32. The first kappa shape index (κ1) is 16.4. The summed E-state index contributed by atoms with van der Waals surface area (Å²) in [4.78, 5) is 36.8. The van der Waals surface area contributed by atoms with Gasteiger partial charge in [-0.3, -0.25) is 9.59 Å². The molecular formula is C15H15ClN2O6. The molecule has 1 saturated heterocycles. The predicted molar refractivity (Wildman–Crippen MR) is 83.5 cm³/mol. The van der Waals surface area contributed by atoms with Crippen LogP contribution in [-0.2, 0) is 14.3 Å². The molecule has 1 fully saturated rings. The molecule has 1 aromatic rings. The number of hydrogen-bond acceptors (Lipinski definition) is 6. The third-order valence-electron chi connectivity index (χ3n) is 3.74. The maximum atomic E-state index is 12.5. The molecule has 3 rings (SSSR count). The molecule has 0 aliphatic carbocycles. The van der Waals surface area contributed by atoms with Crippen molar-refractivity contribution in [1.29, 1.82) is 0 Å². The number of esters is 1. The van der Waals surface area contributed by atoms with Gasteiger partial charge in [-0.15, -0.1) is 0 Å². The first-order valence-electron chi connectivity index (χ1n) is 7.31. The Morgan fingerprint density at radius 1 is 1.33 bits per heavy atom. The second-order valence-electron chi connectivity index (χ2n) is 5.24. The van der Waals surface area contributed by atoms with Crippen molar-refractivity contribution >= 4 is 35.2 Å². The van der Waals surface area contributed by atoms with Crippen molar-refractivity contribution in [2.45, 2.75) is 18.9 Å². The average Bonchev–Trinajstić information content (AvgIpc) is 2.86. The van der Waals surface area contributed by atoms with Crippen LogP contribution in [0, 0.1) is 0 Å². The minimum absolute atomic E-state index is 0.0237. The van der Waals surface area contributed by atoms with E-state index in [0.29, 0.717) is 24.7 Å². The number of nitrogens with zero attached hydrogens (tertiary/aromatic N) is 1. The Bertz CT molecular complexity index is 707. The predicted octanol–water partition coefficient (Wildman–Crippen LogP) is 1.49. The van der Waals surface area contributed by atoms with Crippen LogP contribution in [0.4, 0.5) is 10.5 Å². The average molecular weight is 355 g/mol. The van der Waals surface area contributed by atoms with E-state index in [0.717, 1.165) is 4.90 Å². The quantitative estimate of drug-likeness (QED) is 0.650. The molecule has 2 aliphatic heterocycles. The molecule has 2 aliphatic rings. The van der Waals surface area contributed by atoms with Crippen LogP contribution in [-0.4, -0.2) is 44.3 Å². The van der Waals surface area contributed by atoms with Crippen molar-refractivity contribution in [3.8, 4) is 11.5 Å². The van der Waals surface area contributed by atoms with E-state index in [4.69, 9.17) is 21.1 Å². The van der Waals surface area contributed by atoms with Gasteiger partial charge in [-0.05, 0) is 6.42 Å². The van der Waals surface area contributed by atoms with Gasteiger partial charge in [-0.25, -0.2) is 9.69 Å². The minimum Gasteiger partial charge on any atom is -0.486 e. The molecule has 0 unspecified atom stereocenters. The monoisotopic (exact) mass is 354 g/mol. The van der Waals surface area contributed by atoms with Gasteiger partial charge in [0.2, 0.25) is 0 Å². The highest BCUT2D eigenvalue weighted by molar-refractivity contribution is 6.36. The van der Waals surface area contributed by atoms with E-state index in [9.17, 15) is 14.4 Å². The van der Waals surface area contributed by atoms with Crippen LogP contribution < -0.4 is 19.7 Å². The number of methoxy groups -OCH3 is 1. The van der Waals surface area contributed by atoms with Crippen molar-refractivity contribution < 1.29 is 28.6 Å². The maximum absolute atomic E-state index is 12.5. The van der Waals surface area contributed by atoms with Crippen molar-refractivity contribution in [1.82, 2.24) is 5.32 Å². The number of benzene rings is 1. The smallest absolute Gasteiger partial charge is 0.329 e. The van der Waals surface area contributed by atoms with Gasteiger partial charge in [0.1, 0.15) is 19.3 Å². The number of fused-ring (bicyclic) bond motifs is 1. The number of carbonyl (C=O) groups is 3. The van der Waals surface area contributed by atoms with E-state index in [1.54, 1.807) is 0 Å². The van der Waals surface area contributed by atoms with Gasteiger partial charge in [0.05, 0.1) is 17.8 Å². The van der Waals surface area contributed by atoms with Crippen LogP contribution in [0.1, 0.15) is 12.8 Å². The fourth-order valence-corrected chi connectivity index (χ4v) is 2.78. The van der Waals surface area contributed by atoms with E-state index in [2.05, 4.69) is 10.1 Å². The molecule has 8 nitrogen and oxygen atoms in total. The van der Waals surface area contributed by atoms with Crippen LogP contribution in [0.2, 0.25) is 5.02 Å². The number of hydrogen-bond donors (Lipinski definition) is 1. The number of anilines is 1. The van der Waals surface area contributed by atoms with E-state index in [1.165, 1.54) is 19.2 Å². The number of rotatable bonds is 4. The number of nitrogens with one attached hydrogen (secondary N) is 1. The molecule has 24 heavy (non-hydrogen) atoms. The van der Waals surface area contributed by atoms with Gasteiger partial charge in [0.15, 0.2) is 11.5 Å². The largest absolute Gasteiger partial charge is 0.486 e. The molecule has 0 aromatic heterocycles. The number of carbonyl (C=O) groups excluding carboxylic acids is 3. The Hall–Kier alpha value is -2.48. The Balaban J connectivity index is 1.83. The number of imide groups is 1. The van der Waals surface area contributed by atoms with Crippen LogP contribution in [0.15, 0.2) is 12.1 Å². The number of halogens is 1. The zero-order valence-electron chi connectivity index (χ0n) is 12.8. The summed E-state index contributed by atoms with van der Waals surface area (Å²) < 4.78 is 15.4. The lowest BCUT2D eigenvalue weighted by molar-refractivity contribution is -0.140. The van der Waals surface area contributed by atoms with Crippen LogP contribution in [0.3, 0.4) is 0 Å². The zero-order chi connectivity index (χ0) is 17.3. The maximum Gasteiger partial charge on any atom is 0.329 e. The Labute approximate surface area is 142 Å². The molecule has 1 atom stereocenters. The third-order valence-corrected chi connectivity index (χ3v) is 4.04. The van der Waals surface area contributed by atoms with Gasteiger partial charge < -0.3 is 19.5 Å². The lowest BCUT2D eigenvalue weighted by Gasteiger charge is -2.22. The molecule has 1 aromatic carbocycles. The van der Waals surface area contributed by atoms with Crippen molar-refractivity contribution in [3.63, 3.8) is 0 Å². The van der Waals surface area contributed by atoms with Crippen LogP contribution >= 0.6 is 11.6 Å². The van der Waals surface area contributed by atoms with Gasteiger partial charge in [0.25, 0.3) is 5.91 Å². The summed E-state index contributed by atoms with van der Waals surface area (Å²) in [7, 11) is 1.26. The summed E-state index contributed by atoms with van der Waals surface area (Å²) in [5.41, 5.74) is 0.212. The molecule has 128 valence electrons. The molecule has 9 heteroatoms. The van der Waals surface area contributed by atoms with Gasteiger partial charge in [-0.2, -0.15) is 0 Å². The first-order valence-corrected chi connectivity index (χ1v) is 7.69. The number of ether oxygens (including phenoxy) is 3. The highest BCUT2D eigenvalue weighted by atomic mass is 35.5. The molecular weight excluding hydrogens is 340 g/mol. The summed E-state index contributed by atoms with van der Waals surface area (Å²) in [6, 6.07) is 1.60. The molecule has 0 saturated carbocycles. The van der Waals surface area contributed by atoms with Crippen LogP contribution in [0.25, 0.3) is 0 Å². The van der Waals surface area contributed by atoms with E-state index < -0.39 is 23.9 Å². The van der Waals surface area contributed by atoms with Gasteiger partial charge in [0, 0.05) is 18.6 Å². The second kappa shape index (κ2) is 6.56. The summed E-state index contributed by atoms with van der Waals surface area (Å²) >= 11 is 6.19. The van der Waals surface area contributed by atoms with Gasteiger partial charge in [-0.1, -0.05) is 11.6 Å². The highest BCUT2D eigenvalue weighted by Crippen LogP contribution is 2.40. The SMILES string of the molecule is COC(=O)CC[C@H]1NC(=O)N(c2cc3c(cc2Cl)OCCO3)C1=O. The summed E-state index contributed by atoms with van der Waals surface area (Å²) in [5, 5.41) is 2.73. The topological polar surface area (TPSA) is 94.2 Å². The second-order valence-corrected chi connectivity index (χ2v) is 5.65. The summed E-state index contributed by atoms with van der Waals surface area (Å²) in [6.07, 6.45) is 0.172. The highest BCUT2D eigenvalue weighted by Gasteiger charge is 2.40. The van der Waals surface area contributed by atoms with Crippen molar-refractivity contribution in [2.75, 3.05) is 25.2 Å². The molecule has 0 radical (unpaired) electrons. The Morgan fingerprint density at radius 2 is 2.00 bits per heavy atom. The van der Waals surface area contributed by atoms with E-state index in [1.807, 2.05) is 0 Å². The number of urea groups is 1. The molecule has 0 spiro atoms. The van der Waals surface area contributed by atoms with Crippen molar-refractivity contribution in [3.05, 3.63) is 17.2 Å². The summed E-state index contributed by atoms with van der Waals surface area (Å²) in [6.45, 7) is 0.775. The lowest BCUT2D eigenvalue weighted by atomic mass is 10.1. The van der Waals surface area contributed by atoms with Crippen molar-refractivity contribution in [2.24, 2.45) is 0 Å². The molecule has 0 bridgehead atoms. The fourth-order valence-electron chi connectivity index (χ4n) is 2.54.